The summed E-state index contributed by atoms with van der Waals surface area (Å²) in [7, 11) is 1.63. The third-order valence-electron chi connectivity index (χ3n) is 11.0. The largest absolute Gasteiger partial charge is 0.497 e. The summed E-state index contributed by atoms with van der Waals surface area (Å²) in [5.74, 6) is 1.55. The van der Waals surface area contributed by atoms with Crippen LogP contribution in [0, 0.1) is 11.7 Å². The zero-order valence-corrected chi connectivity index (χ0v) is 32.3. The maximum Gasteiger partial charge on any atom is 0.195 e. The van der Waals surface area contributed by atoms with Gasteiger partial charge in [0.25, 0.3) is 0 Å². The van der Waals surface area contributed by atoms with Gasteiger partial charge in [-0.05, 0) is 103 Å². The van der Waals surface area contributed by atoms with E-state index in [1.807, 2.05) is 78.9 Å². The van der Waals surface area contributed by atoms with Crippen molar-refractivity contribution in [2.45, 2.75) is 103 Å². The average Bonchev–Trinajstić information content (AvgIpc) is 3.19. The summed E-state index contributed by atoms with van der Waals surface area (Å²) in [6.07, 6.45) is 14.3. The highest BCUT2D eigenvalue weighted by Crippen LogP contribution is 2.43. The van der Waals surface area contributed by atoms with Crippen LogP contribution in [0.4, 0.5) is 4.39 Å². The third-order valence-corrected chi connectivity index (χ3v) is 13.1. The highest BCUT2D eigenvalue weighted by molar-refractivity contribution is 7.99. The maximum absolute atomic E-state index is 15.6. The predicted octanol–water partition coefficient (Wildman–Crippen LogP) is 13.6. The first kappa shape index (κ1) is 37.2. The molecule has 0 N–H and O–H groups in total. The second kappa shape index (κ2) is 17.3. The number of hydrogen-bond donors (Lipinski definition) is 0. The lowest BCUT2D eigenvalue weighted by Gasteiger charge is -2.29. The quantitative estimate of drug-likeness (QED) is 0.104. The molecule has 7 rings (SSSR count). The first-order valence-corrected chi connectivity index (χ1v) is 20.8. The van der Waals surface area contributed by atoms with E-state index in [-0.39, 0.29) is 17.4 Å². The molecule has 2 aliphatic rings. The van der Waals surface area contributed by atoms with Crippen molar-refractivity contribution in [3.05, 3.63) is 137 Å². The first-order chi connectivity index (χ1) is 25.9. The van der Waals surface area contributed by atoms with Gasteiger partial charge in [-0.15, -0.1) is 0 Å². The number of rotatable bonds is 14. The fourth-order valence-electron chi connectivity index (χ4n) is 7.97. The predicted molar refractivity (Wildman–Crippen MR) is 216 cm³/mol. The molecule has 1 saturated carbocycles. The van der Waals surface area contributed by atoms with Crippen molar-refractivity contribution in [2.24, 2.45) is 5.92 Å². The Bertz CT molecular complexity index is 2060. The molecular formula is C47H47FO3S2. The van der Waals surface area contributed by atoms with Crippen molar-refractivity contribution in [1.29, 1.82) is 0 Å². The standard InChI is InChI=1S/C47H47FO3S2/c1-3-4-5-6-7-8-11-31-16-18-32(19-17-31)34-22-29-38(41(48)30-34)33-20-25-36(26-21-33)52-42-14-9-12-39-44(42)46(49)40-13-10-15-43(45(40)47(39)50)53-37-27-23-35(51-2)24-28-37/h9-10,12-15,20-32H,3-8,11,16-19H2,1-2H3. The summed E-state index contributed by atoms with van der Waals surface area (Å²) < 4.78 is 20.9. The Hall–Kier alpha value is -4.13. The molecular weight excluding hydrogens is 696 g/mol. The lowest BCUT2D eigenvalue weighted by molar-refractivity contribution is 0.0974. The molecule has 0 radical (unpaired) electrons. The number of halogens is 1. The first-order valence-electron chi connectivity index (χ1n) is 19.2. The molecule has 0 aromatic heterocycles. The van der Waals surface area contributed by atoms with E-state index in [1.54, 1.807) is 25.3 Å². The molecule has 0 amide bonds. The van der Waals surface area contributed by atoms with Crippen LogP contribution in [0.3, 0.4) is 0 Å². The van der Waals surface area contributed by atoms with Gasteiger partial charge >= 0.3 is 0 Å². The molecule has 5 aromatic rings. The Morgan fingerprint density at radius 2 is 1.21 bits per heavy atom. The van der Waals surface area contributed by atoms with E-state index in [0.29, 0.717) is 33.7 Å². The number of hydrogen-bond acceptors (Lipinski definition) is 5. The minimum atomic E-state index is -0.179. The van der Waals surface area contributed by atoms with Crippen LogP contribution in [0.25, 0.3) is 11.1 Å². The van der Waals surface area contributed by atoms with Crippen molar-refractivity contribution >= 4 is 35.1 Å². The number of fused-ring (bicyclic) bond motifs is 2. The van der Waals surface area contributed by atoms with E-state index < -0.39 is 0 Å². The molecule has 0 aliphatic heterocycles. The molecule has 5 aromatic carbocycles. The van der Waals surface area contributed by atoms with E-state index >= 15 is 4.39 Å². The summed E-state index contributed by atoms with van der Waals surface area (Å²) in [5, 5.41) is 0. The van der Waals surface area contributed by atoms with Crippen molar-refractivity contribution in [2.75, 3.05) is 7.11 Å². The summed E-state index contributed by atoms with van der Waals surface area (Å²) in [5.41, 5.74) is 4.26. The van der Waals surface area contributed by atoms with E-state index in [9.17, 15) is 9.59 Å². The van der Waals surface area contributed by atoms with Gasteiger partial charge in [0.2, 0.25) is 0 Å². The number of ketones is 2. The molecule has 0 spiro atoms. The van der Waals surface area contributed by atoms with Gasteiger partial charge in [-0.3, -0.25) is 9.59 Å². The van der Waals surface area contributed by atoms with Crippen molar-refractivity contribution in [3.63, 3.8) is 0 Å². The monoisotopic (exact) mass is 742 g/mol. The zero-order chi connectivity index (χ0) is 36.7. The molecule has 0 unspecified atom stereocenters. The molecule has 1 fully saturated rings. The van der Waals surface area contributed by atoms with Crippen LogP contribution < -0.4 is 4.74 Å². The van der Waals surface area contributed by atoms with Gasteiger partial charge in [-0.25, -0.2) is 4.39 Å². The molecule has 3 nitrogen and oxygen atoms in total. The van der Waals surface area contributed by atoms with Gasteiger partial charge in [-0.2, -0.15) is 0 Å². The van der Waals surface area contributed by atoms with Gasteiger partial charge in [0.15, 0.2) is 11.6 Å². The van der Waals surface area contributed by atoms with Crippen LogP contribution in [-0.2, 0) is 0 Å². The van der Waals surface area contributed by atoms with Crippen LogP contribution in [0.1, 0.15) is 121 Å². The summed E-state index contributed by atoms with van der Waals surface area (Å²) in [4.78, 5) is 31.4. The highest BCUT2D eigenvalue weighted by atomic mass is 32.2. The number of ether oxygens (including phenoxy) is 1. The fraction of sp³-hybridized carbons (Fsp3) is 0.319. The third kappa shape index (κ3) is 8.50. The molecule has 0 saturated heterocycles. The van der Waals surface area contributed by atoms with Crippen LogP contribution in [0.2, 0.25) is 0 Å². The van der Waals surface area contributed by atoms with Crippen LogP contribution in [-0.4, -0.2) is 18.7 Å². The summed E-state index contributed by atoms with van der Waals surface area (Å²) >= 11 is 2.91. The molecule has 0 heterocycles. The Kier molecular flexibility index (Phi) is 12.2. The number of benzene rings is 5. The second-order valence-corrected chi connectivity index (χ2v) is 16.7. The van der Waals surface area contributed by atoms with Gasteiger partial charge < -0.3 is 4.74 Å². The number of carbonyl (C=O) groups is 2. The molecule has 53 heavy (non-hydrogen) atoms. The Morgan fingerprint density at radius 3 is 1.77 bits per heavy atom. The van der Waals surface area contributed by atoms with Crippen LogP contribution in [0.5, 0.6) is 5.75 Å². The molecule has 0 atom stereocenters. The molecule has 6 heteroatoms. The van der Waals surface area contributed by atoms with Crippen molar-refractivity contribution in [1.82, 2.24) is 0 Å². The molecule has 2 aliphatic carbocycles. The highest BCUT2D eigenvalue weighted by Gasteiger charge is 2.34. The van der Waals surface area contributed by atoms with Crippen molar-refractivity contribution < 1.29 is 18.7 Å². The number of unbranched alkanes of at least 4 members (excludes halogenated alkanes) is 5. The smallest absolute Gasteiger partial charge is 0.195 e. The maximum atomic E-state index is 15.6. The average molecular weight is 743 g/mol. The topological polar surface area (TPSA) is 43.4 Å². The molecule has 272 valence electrons. The lowest BCUT2D eigenvalue weighted by atomic mass is 9.77. The Balaban J connectivity index is 1.01. The fourth-order valence-corrected chi connectivity index (χ4v) is 9.92. The Morgan fingerprint density at radius 1 is 0.642 bits per heavy atom. The number of methoxy groups -OCH3 is 1. The van der Waals surface area contributed by atoms with Gasteiger partial charge in [0.05, 0.1) is 7.11 Å². The lowest BCUT2D eigenvalue weighted by Crippen LogP contribution is -2.22. The van der Waals surface area contributed by atoms with Gasteiger partial charge in [-0.1, -0.05) is 124 Å². The number of carbonyl (C=O) groups excluding carboxylic acids is 2. The zero-order valence-electron chi connectivity index (χ0n) is 30.7. The normalized spacial score (nSPS) is 16.7. The Labute approximate surface area is 322 Å². The van der Waals surface area contributed by atoms with Crippen LogP contribution in [0.15, 0.2) is 123 Å². The SMILES string of the molecule is CCCCCCCCC1CCC(c2ccc(-c3ccc(Sc4cccc5c4C(=O)c4cccc(Sc6ccc(OC)cc6)c4C5=O)cc3)c(F)c2)CC1. The minimum Gasteiger partial charge on any atom is -0.497 e. The van der Waals surface area contributed by atoms with E-state index in [0.717, 1.165) is 55.2 Å². The second-order valence-electron chi connectivity index (χ2n) is 14.4. The van der Waals surface area contributed by atoms with Gasteiger partial charge in [0.1, 0.15) is 11.6 Å². The minimum absolute atomic E-state index is 0.149. The van der Waals surface area contributed by atoms with Crippen LogP contribution >= 0.6 is 23.5 Å². The van der Waals surface area contributed by atoms with E-state index in [1.165, 1.54) is 81.3 Å². The molecule has 0 bridgehead atoms. The summed E-state index contributed by atoms with van der Waals surface area (Å²) in [6.45, 7) is 2.27. The van der Waals surface area contributed by atoms with E-state index in [4.69, 9.17) is 4.74 Å². The van der Waals surface area contributed by atoms with Gasteiger partial charge in [0, 0.05) is 47.4 Å². The van der Waals surface area contributed by atoms with E-state index in [2.05, 4.69) is 13.0 Å². The van der Waals surface area contributed by atoms with Crippen molar-refractivity contribution in [3.8, 4) is 16.9 Å². The summed E-state index contributed by atoms with van der Waals surface area (Å²) in [6, 6.07) is 32.2.